The van der Waals surface area contributed by atoms with Crippen molar-refractivity contribution in [1.82, 2.24) is 4.98 Å². The molecule has 0 saturated heterocycles. The van der Waals surface area contributed by atoms with Gasteiger partial charge in [0.15, 0.2) is 0 Å². The van der Waals surface area contributed by atoms with Crippen molar-refractivity contribution < 1.29 is 0 Å². The van der Waals surface area contributed by atoms with E-state index in [1.54, 1.807) is 0 Å². The van der Waals surface area contributed by atoms with E-state index in [1.807, 2.05) is 18.5 Å². The smallest absolute Gasteiger partial charge is 0.0302 e. The lowest BCUT2D eigenvalue weighted by Crippen LogP contribution is -2.26. The van der Waals surface area contributed by atoms with Crippen molar-refractivity contribution in [3.05, 3.63) is 30.1 Å². The van der Waals surface area contributed by atoms with Gasteiger partial charge in [0, 0.05) is 18.4 Å². The second-order valence-corrected chi connectivity index (χ2v) is 3.91. The zero-order valence-electron chi connectivity index (χ0n) is 7.82. The Morgan fingerprint density at radius 2 is 2.31 bits per heavy atom. The van der Waals surface area contributed by atoms with Crippen LogP contribution in [0.4, 0.5) is 0 Å². The van der Waals surface area contributed by atoms with Crippen LogP contribution in [0.15, 0.2) is 24.5 Å². The summed E-state index contributed by atoms with van der Waals surface area (Å²) < 4.78 is 0. The summed E-state index contributed by atoms with van der Waals surface area (Å²) in [5, 5.41) is 0. The molecule has 1 aromatic heterocycles. The monoisotopic (exact) mass is 176 g/mol. The van der Waals surface area contributed by atoms with Gasteiger partial charge in [-0.15, -0.1) is 0 Å². The molecule has 1 heterocycles. The lowest BCUT2D eigenvalue weighted by atomic mass is 9.82. The van der Waals surface area contributed by atoms with E-state index in [0.717, 1.165) is 6.42 Å². The maximum absolute atomic E-state index is 5.94. The number of pyridine rings is 1. The molecule has 1 aliphatic rings. The Labute approximate surface area is 79.2 Å². The van der Waals surface area contributed by atoms with Gasteiger partial charge in [-0.25, -0.2) is 0 Å². The van der Waals surface area contributed by atoms with Gasteiger partial charge in [0.25, 0.3) is 0 Å². The van der Waals surface area contributed by atoms with Crippen LogP contribution in [0.5, 0.6) is 0 Å². The van der Waals surface area contributed by atoms with Crippen LogP contribution in [0.25, 0.3) is 0 Å². The number of aromatic nitrogens is 1. The topological polar surface area (TPSA) is 38.9 Å². The molecule has 1 aliphatic carbocycles. The summed E-state index contributed by atoms with van der Waals surface area (Å²) in [6.07, 6.45) is 8.66. The minimum atomic E-state index is 0.402. The highest BCUT2D eigenvalue weighted by atomic mass is 14.6. The molecule has 1 saturated carbocycles. The third-order valence-electron chi connectivity index (χ3n) is 2.87. The minimum absolute atomic E-state index is 0.402. The van der Waals surface area contributed by atoms with Crippen LogP contribution in [0, 0.1) is 0 Å². The molecule has 2 rings (SSSR count). The van der Waals surface area contributed by atoms with Crippen molar-refractivity contribution in [3.8, 4) is 0 Å². The fourth-order valence-electron chi connectivity index (χ4n) is 2.15. The molecule has 0 amide bonds. The highest BCUT2D eigenvalue weighted by Gasteiger charge is 2.20. The fraction of sp³-hybridized carbons (Fsp3) is 0.545. The van der Waals surface area contributed by atoms with E-state index < -0.39 is 0 Å². The van der Waals surface area contributed by atoms with E-state index in [-0.39, 0.29) is 0 Å². The second kappa shape index (κ2) is 3.88. The molecular weight excluding hydrogens is 160 g/mol. The first kappa shape index (κ1) is 8.70. The molecule has 1 aromatic rings. The van der Waals surface area contributed by atoms with Gasteiger partial charge in [-0.05, 0) is 36.8 Å². The molecule has 0 radical (unpaired) electrons. The van der Waals surface area contributed by atoms with Gasteiger partial charge in [-0.3, -0.25) is 4.98 Å². The molecule has 70 valence electrons. The van der Waals surface area contributed by atoms with Crippen LogP contribution >= 0.6 is 0 Å². The molecule has 0 spiro atoms. The highest BCUT2D eigenvalue weighted by molar-refractivity contribution is 5.15. The minimum Gasteiger partial charge on any atom is -0.328 e. The van der Waals surface area contributed by atoms with Crippen LogP contribution in [0.1, 0.15) is 37.2 Å². The van der Waals surface area contributed by atoms with Crippen molar-refractivity contribution in [2.75, 3.05) is 0 Å². The summed E-state index contributed by atoms with van der Waals surface area (Å²) >= 11 is 0. The second-order valence-electron chi connectivity index (χ2n) is 3.91. The van der Waals surface area contributed by atoms with E-state index >= 15 is 0 Å². The Morgan fingerprint density at radius 3 is 3.00 bits per heavy atom. The summed E-state index contributed by atoms with van der Waals surface area (Å²) in [6, 6.07) is 4.57. The summed E-state index contributed by atoms with van der Waals surface area (Å²) in [6.45, 7) is 0. The molecule has 0 aromatic carbocycles. The highest BCUT2D eigenvalue weighted by Crippen LogP contribution is 2.31. The third kappa shape index (κ3) is 2.07. The molecular formula is C11H16N2. The van der Waals surface area contributed by atoms with Crippen LogP contribution in [-0.2, 0) is 0 Å². The van der Waals surface area contributed by atoms with Crippen LogP contribution < -0.4 is 5.73 Å². The summed E-state index contributed by atoms with van der Waals surface area (Å²) in [7, 11) is 0. The van der Waals surface area contributed by atoms with Crippen molar-refractivity contribution in [2.24, 2.45) is 5.73 Å². The molecule has 0 aliphatic heterocycles. The number of hydrogen-bond donors (Lipinski definition) is 1. The lowest BCUT2D eigenvalue weighted by Gasteiger charge is -2.26. The molecule has 2 N–H and O–H groups in total. The summed E-state index contributed by atoms with van der Waals surface area (Å²) in [4.78, 5) is 4.14. The van der Waals surface area contributed by atoms with Crippen molar-refractivity contribution in [2.45, 2.75) is 37.6 Å². The molecule has 2 heteroatoms. The fourth-order valence-corrected chi connectivity index (χ4v) is 2.15. The van der Waals surface area contributed by atoms with Gasteiger partial charge in [0.1, 0.15) is 0 Å². The van der Waals surface area contributed by atoms with Crippen LogP contribution in [0.2, 0.25) is 0 Å². The SMILES string of the molecule is NC1CCCC(c2cccnc2)C1. The van der Waals surface area contributed by atoms with E-state index in [2.05, 4.69) is 11.1 Å². The maximum Gasteiger partial charge on any atom is 0.0302 e. The lowest BCUT2D eigenvalue weighted by molar-refractivity contribution is 0.393. The Hall–Kier alpha value is -0.890. The van der Waals surface area contributed by atoms with E-state index in [9.17, 15) is 0 Å². The molecule has 13 heavy (non-hydrogen) atoms. The van der Waals surface area contributed by atoms with Crippen LogP contribution in [0.3, 0.4) is 0 Å². The predicted molar refractivity (Wildman–Crippen MR) is 53.4 cm³/mol. The first-order chi connectivity index (χ1) is 6.36. The molecule has 0 bridgehead atoms. The first-order valence-corrected chi connectivity index (χ1v) is 5.02. The van der Waals surface area contributed by atoms with Gasteiger partial charge in [-0.1, -0.05) is 12.5 Å². The molecule has 2 atom stereocenters. The Balaban J connectivity index is 2.08. The zero-order valence-corrected chi connectivity index (χ0v) is 7.82. The van der Waals surface area contributed by atoms with Crippen LogP contribution in [-0.4, -0.2) is 11.0 Å². The number of nitrogens with zero attached hydrogens (tertiary/aromatic N) is 1. The standard InChI is InChI=1S/C11H16N2/c12-11-5-1-3-9(7-11)10-4-2-6-13-8-10/h2,4,6,8-9,11H,1,3,5,7,12H2. The molecule has 2 nitrogen and oxygen atoms in total. The van der Waals surface area contributed by atoms with Crippen molar-refractivity contribution >= 4 is 0 Å². The number of hydrogen-bond acceptors (Lipinski definition) is 2. The van der Waals surface area contributed by atoms with Gasteiger partial charge < -0.3 is 5.73 Å². The average molecular weight is 176 g/mol. The van der Waals surface area contributed by atoms with E-state index in [4.69, 9.17) is 5.73 Å². The van der Waals surface area contributed by atoms with Gasteiger partial charge >= 0.3 is 0 Å². The van der Waals surface area contributed by atoms with Crippen molar-refractivity contribution in [3.63, 3.8) is 0 Å². The predicted octanol–water partition coefficient (Wildman–Crippen LogP) is 2.07. The maximum atomic E-state index is 5.94. The zero-order chi connectivity index (χ0) is 9.10. The number of nitrogens with two attached hydrogens (primary N) is 1. The quantitative estimate of drug-likeness (QED) is 0.711. The molecule has 1 fully saturated rings. The summed E-state index contributed by atoms with van der Waals surface area (Å²) in [5.74, 6) is 0.650. The van der Waals surface area contributed by atoms with Crippen molar-refractivity contribution in [1.29, 1.82) is 0 Å². The molecule has 2 unspecified atom stereocenters. The normalized spacial score (nSPS) is 28.7. The Bertz CT molecular complexity index is 258. The third-order valence-corrected chi connectivity index (χ3v) is 2.87. The largest absolute Gasteiger partial charge is 0.328 e. The van der Waals surface area contributed by atoms with Gasteiger partial charge in [0.2, 0.25) is 0 Å². The van der Waals surface area contributed by atoms with E-state index in [1.165, 1.54) is 24.8 Å². The van der Waals surface area contributed by atoms with E-state index in [0.29, 0.717) is 12.0 Å². The first-order valence-electron chi connectivity index (χ1n) is 5.02. The average Bonchev–Trinajstić information content (AvgIpc) is 2.19. The Morgan fingerprint density at radius 1 is 1.38 bits per heavy atom. The summed E-state index contributed by atoms with van der Waals surface area (Å²) in [5.41, 5.74) is 7.30. The van der Waals surface area contributed by atoms with Gasteiger partial charge in [0.05, 0.1) is 0 Å². The Kier molecular flexibility index (Phi) is 2.60. The van der Waals surface area contributed by atoms with Gasteiger partial charge in [-0.2, -0.15) is 0 Å². The number of rotatable bonds is 1.